The highest BCUT2D eigenvalue weighted by Crippen LogP contribution is 2.28. The zero-order valence-electron chi connectivity index (χ0n) is 12.1. The molecule has 4 rings (SSSR count). The van der Waals surface area contributed by atoms with Crippen LogP contribution >= 0.6 is 0 Å². The Balaban J connectivity index is 1.46. The summed E-state index contributed by atoms with van der Waals surface area (Å²) in [4.78, 5) is 12.3. The van der Waals surface area contributed by atoms with Crippen LogP contribution in [0.4, 0.5) is 9.18 Å². The van der Waals surface area contributed by atoms with Crippen molar-refractivity contribution in [1.82, 2.24) is 15.2 Å². The van der Waals surface area contributed by atoms with Crippen LogP contribution in [0.2, 0.25) is 0 Å². The van der Waals surface area contributed by atoms with Crippen LogP contribution in [0.15, 0.2) is 42.7 Å². The van der Waals surface area contributed by atoms with Crippen molar-refractivity contribution < 1.29 is 9.18 Å². The van der Waals surface area contributed by atoms with Crippen LogP contribution in [0.5, 0.6) is 0 Å². The molecule has 2 aromatic rings. The summed E-state index contributed by atoms with van der Waals surface area (Å²) in [6.07, 6.45) is 6.90. The molecule has 114 valence electrons. The molecular weight excluding hydrogens is 281 g/mol. The highest BCUT2D eigenvalue weighted by Gasteiger charge is 2.39. The van der Waals surface area contributed by atoms with Gasteiger partial charge in [-0.3, -0.25) is 4.57 Å². The summed E-state index contributed by atoms with van der Waals surface area (Å²) < 4.78 is 14.5. The number of nitrogens with zero attached hydrogens (tertiary/aromatic N) is 1. The van der Waals surface area contributed by atoms with Crippen molar-refractivity contribution in [2.45, 2.75) is 37.4 Å². The summed E-state index contributed by atoms with van der Waals surface area (Å²) in [5, 5.41) is 6.61. The van der Waals surface area contributed by atoms with Crippen LogP contribution in [0.1, 0.15) is 19.3 Å². The number of fused-ring (bicyclic) bond motifs is 2. The van der Waals surface area contributed by atoms with E-state index >= 15 is 0 Å². The molecule has 2 fully saturated rings. The van der Waals surface area contributed by atoms with Crippen molar-refractivity contribution in [3.63, 3.8) is 0 Å². The van der Waals surface area contributed by atoms with E-state index < -0.39 is 0 Å². The second-order valence-corrected chi connectivity index (χ2v) is 6.15. The Morgan fingerprint density at radius 3 is 2.68 bits per heavy atom. The highest BCUT2D eigenvalue weighted by atomic mass is 19.1. The van der Waals surface area contributed by atoms with Crippen molar-refractivity contribution in [3.05, 3.63) is 48.5 Å². The first kappa shape index (κ1) is 13.5. The third-order valence-electron chi connectivity index (χ3n) is 4.71. The molecule has 1 aromatic carbocycles. The van der Waals surface area contributed by atoms with Gasteiger partial charge in [-0.15, -0.1) is 0 Å². The van der Waals surface area contributed by atoms with Gasteiger partial charge in [-0.1, -0.05) is 12.1 Å². The number of hydrogen-bond donors (Lipinski definition) is 2. The summed E-state index contributed by atoms with van der Waals surface area (Å²) in [5.74, 6) is -0.260. The Labute approximate surface area is 128 Å². The number of carbonyl (C=O) groups excluding carboxylic acids is 1. The maximum atomic E-state index is 13.0. The number of nitrogens with one attached hydrogen (secondary N) is 2. The molecule has 1 aromatic heterocycles. The van der Waals surface area contributed by atoms with Gasteiger partial charge in [0.2, 0.25) is 0 Å². The van der Waals surface area contributed by atoms with E-state index in [-0.39, 0.29) is 17.9 Å². The largest absolute Gasteiger partial charge is 0.333 e. The maximum Gasteiger partial charge on any atom is 0.325 e. The van der Waals surface area contributed by atoms with Crippen LogP contribution in [0.25, 0.3) is 11.1 Å². The maximum absolute atomic E-state index is 13.0. The molecule has 2 N–H and O–H groups in total. The molecule has 2 bridgehead atoms. The Hall–Kier alpha value is -2.14. The molecule has 2 aliphatic rings. The van der Waals surface area contributed by atoms with Gasteiger partial charge < -0.3 is 10.6 Å². The molecule has 0 spiro atoms. The molecule has 5 heteroatoms. The summed E-state index contributed by atoms with van der Waals surface area (Å²) in [7, 11) is 0. The number of carbonyl (C=O) groups is 1. The minimum Gasteiger partial charge on any atom is -0.333 e. The zero-order chi connectivity index (χ0) is 15.1. The van der Waals surface area contributed by atoms with E-state index in [9.17, 15) is 9.18 Å². The van der Waals surface area contributed by atoms with Crippen LogP contribution in [-0.2, 0) is 0 Å². The minimum absolute atomic E-state index is 0.104. The fraction of sp³-hybridized carbons (Fsp3) is 0.353. The van der Waals surface area contributed by atoms with Gasteiger partial charge in [0.15, 0.2) is 0 Å². The van der Waals surface area contributed by atoms with Crippen molar-refractivity contribution in [2.24, 2.45) is 0 Å². The third kappa shape index (κ3) is 2.41. The lowest BCUT2D eigenvalue weighted by Crippen LogP contribution is -2.44. The lowest BCUT2D eigenvalue weighted by atomic mass is 9.96. The van der Waals surface area contributed by atoms with Crippen molar-refractivity contribution in [1.29, 1.82) is 0 Å². The minimum atomic E-state index is -0.260. The van der Waals surface area contributed by atoms with Gasteiger partial charge in [-0.05, 0) is 48.6 Å². The van der Waals surface area contributed by atoms with E-state index in [4.69, 9.17) is 0 Å². The first-order valence-electron chi connectivity index (χ1n) is 7.70. The normalized spacial score (nSPS) is 26.3. The fourth-order valence-electron chi connectivity index (χ4n) is 3.55. The Kier molecular flexibility index (Phi) is 3.22. The van der Waals surface area contributed by atoms with Gasteiger partial charge >= 0.3 is 6.03 Å². The molecule has 2 saturated heterocycles. The van der Waals surface area contributed by atoms with Gasteiger partial charge in [0.25, 0.3) is 0 Å². The van der Waals surface area contributed by atoms with Gasteiger partial charge in [0.05, 0.1) is 0 Å². The number of amides is 1. The van der Waals surface area contributed by atoms with E-state index in [1.165, 1.54) is 18.6 Å². The lowest BCUT2D eigenvalue weighted by molar-refractivity contribution is 0.236. The van der Waals surface area contributed by atoms with Gasteiger partial charge in [-0.2, -0.15) is 0 Å². The molecule has 4 nitrogen and oxygen atoms in total. The standard InChI is InChI=1S/C17H18FN3O/c18-13-3-1-11(2-4-13)12-7-8-21(10-12)17(22)20-16-9-14-5-6-15(16)19-14/h1-4,7-8,10,14-16,19H,5-6,9H2,(H,20,22)/t14-,15+,16-/m1/s1. The lowest BCUT2D eigenvalue weighted by Gasteiger charge is -2.21. The quantitative estimate of drug-likeness (QED) is 0.895. The number of benzene rings is 1. The number of halogens is 1. The predicted octanol–water partition coefficient (Wildman–Crippen LogP) is 2.74. The molecule has 2 aliphatic heterocycles. The van der Waals surface area contributed by atoms with E-state index in [2.05, 4.69) is 10.6 Å². The van der Waals surface area contributed by atoms with Crippen LogP contribution in [0, 0.1) is 5.82 Å². The van der Waals surface area contributed by atoms with E-state index in [0.717, 1.165) is 24.0 Å². The zero-order valence-corrected chi connectivity index (χ0v) is 12.1. The molecule has 22 heavy (non-hydrogen) atoms. The Morgan fingerprint density at radius 1 is 1.18 bits per heavy atom. The average Bonchev–Trinajstić information content (AvgIpc) is 3.24. The van der Waals surface area contributed by atoms with Crippen LogP contribution in [0.3, 0.4) is 0 Å². The average molecular weight is 299 g/mol. The molecule has 0 aliphatic carbocycles. The summed E-state index contributed by atoms with van der Waals surface area (Å²) in [6.45, 7) is 0. The Bertz CT molecular complexity index is 694. The summed E-state index contributed by atoms with van der Waals surface area (Å²) in [5.41, 5.74) is 1.80. The first-order valence-corrected chi connectivity index (χ1v) is 7.70. The second kappa shape index (κ2) is 5.25. The molecule has 0 unspecified atom stereocenters. The predicted molar refractivity (Wildman–Crippen MR) is 82.1 cm³/mol. The monoisotopic (exact) mass is 299 g/mol. The highest BCUT2D eigenvalue weighted by molar-refractivity contribution is 5.79. The topological polar surface area (TPSA) is 46.1 Å². The van der Waals surface area contributed by atoms with Crippen molar-refractivity contribution in [2.75, 3.05) is 0 Å². The molecule has 3 heterocycles. The molecule has 3 atom stereocenters. The third-order valence-corrected chi connectivity index (χ3v) is 4.71. The van der Waals surface area contributed by atoms with Crippen molar-refractivity contribution >= 4 is 6.03 Å². The first-order chi connectivity index (χ1) is 10.7. The van der Waals surface area contributed by atoms with E-state index in [1.807, 2.05) is 6.07 Å². The number of rotatable bonds is 2. The molecule has 1 amide bonds. The van der Waals surface area contributed by atoms with Crippen molar-refractivity contribution in [3.8, 4) is 11.1 Å². The van der Waals surface area contributed by atoms with Gasteiger partial charge in [-0.25, -0.2) is 9.18 Å². The Morgan fingerprint density at radius 2 is 2.00 bits per heavy atom. The summed E-state index contributed by atoms with van der Waals surface area (Å²) >= 11 is 0. The molecule has 0 radical (unpaired) electrons. The van der Waals surface area contributed by atoms with E-state index in [0.29, 0.717) is 12.1 Å². The van der Waals surface area contributed by atoms with Gasteiger partial charge in [0, 0.05) is 30.5 Å². The van der Waals surface area contributed by atoms with Crippen LogP contribution in [-0.4, -0.2) is 28.7 Å². The van der Waals surface area contributed by atoms with Crippen LogP contribution < -0.4 is 10.6 Å². The second-order valence-electron chi connectivity index (χ2n) is 6.15. The molecule has 0 saturated carbocycles. The number of aromatic nitrogens is 1. The summed E-state index contributed by atoms with van der Waals surface area (Å²) in [6, 6.07) is 9.25. The SMILES string of the molecule is O=C(N[C@@H]1C[C@H]2CC[C@@H]1N2)n1ccc(-c2ccc(F)cc2)c1. The smallest absolute Gasteiger partial charge is 0.325 e. The number of hydrogen-bond acceptors (Lipinski definition) is 2. The molecular formula is C17H18FN3O. The van der Waals surface area contributed by atoms with Gasteiger partial charge in [0.1, 0.15) is 5.82 Å². The van der Waals surface area contributed by atoms with E-state index in [1.54, 1.807) is 29.1 Å². The fourth-order valence-corrected chi connectivity index (χ4v) is 3.55.